The zero-order valence-corrected chi connectivity index (χ0v) is 18.6. The number of nitrogens with zero attached hydrogens (tertiary/aromatic N) is 3. The predicted octanol–water partition coefficient (Wildman–Crippen LogP) is 4.80. The molecule has 2 aromatic carbocycles. The number of fused-ring (bicyclic) bond motifs is 1. The Bertz CT molecular complexity index is 1230. The van der Waals surface area contributed by atoms with E-state index in [4.69, 9.17) is 0 Å². The molecule has 2 aliphatic rings. The Hall–Kier alpha value is -1.97. The number of sulfonamides is 1. The lowest BCUT2D eigenvalue weighted by Gasteiger charge is -2.15. The smallest absolute Gasteiger partial charge is 0.243 e. The van der Waals surface area contributed by atoms with Crippen molar-refractivity contribution in [3.8, 4) is 0 Å². The average Bonchev–Trinajstić information content (AvgIpc) is 3.26. The zero-order chi connectivity index (χ0) is 21.6. The van der Waals surface area contributed by atoms with Gasteiger partial charge in [0.05, 0.1) is 15.9 Å². The van der Waals surface area contributed by atoms with E-state index in [9.17, 15) is 17.2 Å². The van der Waals surface area contributed by atoms with Crippen LogP contribution in [0.15, 0.2) is 46.5 Å². The lowest BCUT2D eigenvalue weighted by molar-refractivity contribution is 0.477. The molecule has 0 atom stereocenters. The molecule has 164 valence electrons. The van der Waals surface area contributed by atoms with Crippen molar-refractivity contribution in [2.75, 3.05) is 13.1 Å². The molecule has 5 rings (SSSR count). The quantitative estimate of drug-likeness (QED) is 0.472. The Morgan fingerprint density at radius 3 is 2.61 bits per heavy atom. The molecule has 1 saturated heterocycles. The Morgan fingerprint density at radius 1 is 1.10 bits per heavy atom. The summed E-state index contributed by atoms with van der Waals surface area (Å²) in [6.07, 6.45) is 4.08. The maximum Gasteiger partial charge on any atom is 0.243 e. The molecule has 0 amide bonds. The number of hydrogen-bond donors (Lipinski definition) is 0. The number of hydrogen-bond acceptors (Lipinski definition) is 4. The summed E-state index contributed by atoms with van der Waals surface area (Å²) in [7, 11) is -3.52. The van der Waals surface area contributed by atoms with Crippen molar-refractivity contribution in [3.05, 3.63) is 53.6 Å². The van der Waals surface area contributed by atoms with E-state index in [1.807, 2.05) is 6.07 Å². The van der Waals surface area contributed by atoms with Gasteiger partial charge in [-0.25, -0.2) is 22.2 Å². The van der Waals surface area contributed by atoms with Crippen LogP contribution in [0.2, 0.25) is 0 Å². The van der Waals surface area contributed by atoms with E-state index in [1.165, 1.54) is 22.1 Å². The predicted molar refractivity (Wildman–Crippen MR) is 116 cm³/mol. The number of benzene rings is 2. The fourth-order valence-electron chi connectivity index (χ4n) is 3.97. The highest BCUT2D eigenvalue weighted by Crippen LogP contribution is 2.36. The number of imidazole rings is 1. The molecule has 9 heteroatoms. The van der Waals surface area contributed by atoms with Crippen LogP contribution in [0, 0.1) is 17.6 Å². The van der Waals surface area contributed by atoms with E-state index in [2.05, 4.69) is 9.55 Å². The van der Waals surface area contributed by atoms with Crippen LogP contribution in [0.3, 0.4) is 0 Å². The second-order valence-electron chi connectivity index (χ2n) is 8.21. The summed E-state index contributed by atoms with van der Waals surface area (Å²) in [6, 6.07) is 9.28. The zero-order valence-electron chi connectivity index (χ0n) is 16.9. The summed E-state index contributed by atoms with van der Waals surface area (Å²) in [5.41, 5.74) is 1.77. The first-order chi connectivity index (χ1) is 14.9. The Balaban J connectivity index is 1.48. The SMILES string of the molecule is O=S(=O)(c1ccc2c(c1)nc(SCc1cccc(F)c1F)n2CC1CC1)N1CCCC1. The van der Waals surface area contributed by atoms with Crippen LogP contribution in [0.4, 0.5) is 8.78 Å². The largest absolute Gasteiger partial charge is 0.319 e. The van der Waals surface area contributed by atoms with Crippen LogP contribution in [0.1, 0.15) is 31.2 Å². The minimum Gasteiger partial charge on any atom is -0.319 e. The molecular weight excluding hydrogens is 440 g/mol. The molecule has 1 aliphatic heterocycles. The van der Waals surface area contributed by atoms with E-state index < -0.39 is 21.7 Å². The van der Waals surface area contributed by atoms with E-state index in [-0.39, 0.29) is 16.2 Å². The average molecular weight is 464 g/mol. The van der Waals surface area contributed by atoms with Crippen LogP contribution < -0.4 is 0 Å². The monoisotopic (exact) mass is 463 g/mol. The van der Waals surface area contributed by atoms with Gasteiger partial charge >= 0.3 is 0 Å². The third kappa shape index (κ3) is 4.10. The molecule has 0 spiro atoms. The first-order valence-electron chi connectivity index (χ1n) is 10.5. The highest BCUT2D eigenvalue weighted by Gasteiger charge is 2.29. The molecule has 0 bridgehead atoms. The number of halogens is 2. The molecular formula is C22H23F2N3O2S2. The molecule has 1 saturated carbocycles. The van der Waals surface area contributed by atoms with Crippen molar-refractivity contribution in [2.45, 2.75) is 48.0 Å². The van der Waals surface area contributed by atoms with E-state index >= 15 is 0 Å². The lowest BCUT2D eigenvalue weighted by Crippen LogP contribution is -2.27. The third-order valence-electron chi connectivity index (χ3n) is 5.91. The first-order valence-corrected chi connectivity index (χ1v) is 12.9. The topological polar surface area (TPSA) is 55.2 Å². The molecule has 2 heterocycles. The van der Waals surface area contributed by atoms with Gasteiger partial charge in [-0.3, -0.25) is 0 Å². The van der Waals surface area contributed by atoms with E-state index in [0.717, 1.165) is 43.8 Å². The molecule has 0 unspecified atom stereocenters. The highest BCUT2D eigenvalue weighted by molar-refractivity contribution is 7.98. The van der Waals surface area contributed by atoms with Gasteiger partial charge < -0.3 is 4.57 Å². The first kappa shape index (κ1) is 20.9. The van der Waals surface area contributed by atoms with Crippen LogP contribution >= 0.6 is 11.8 Å². The van der Waals surface area contributed by atoms with Gasteiger partial charge in [0.15, 0.2) is 16.8 Å². The molecule has 0 N–H and O–H groups in total. The van der Waals surface area contributed by atoms with Crippen LogP contribution in [-0.2, 0) is 22.3 Å². The normalized spacial score (nSPS) is 17.6. The standard InChI is InChI=1S/C22H23F2N3O2S2/c23-18-5-3-4-16(21(18)24)14-30-22-25-19-12-17(31(28,29)26-10-1-2-11-26)8-9-20(19)27(22)13-15-6-7-15/h3-5,8-9,12,15H,1-2,6-7,10-11,13-14H2. The maximum absolute atomic E-state index is 14.1. The van der Waals surface area contributed by atoms with Crippen LogP contribution in [-0.4, -0.2) is 35.4 Å². The number of rotatable bonds is 7. The Morgan fingerprint density at radius 2 is 1.87 bits per heavy atom. The van der Waals surface area contributed by atoms with Gasteiger partial charge in [-0.15, -0.1) is 0 Å². The van der Waals surface area contributed by atoms with Gasteiger partial charge in [-0.2, -0.15) is 4.31 Å². The molecule has 2 fully saturated rings. The second-order valence-corrected chi connectivity index (χ2v) is 11.1. The van der Waals surface area contributed by atoms with Gasteiger partial charge in [-0.1, -0.05) is 23.9 Å². The molecule has 1 aromatic heterocycles. The fraction of sp³-hybridized carbons (Fsp3) is 0.409. The highest BCUT2D eigenvalue weighted by atomic mass is 32.2. The van der Waals surface area contributed by atoms with Gasteiger partial charge in [0.2, 0.25) is 10.0 Å². The number of aromatic nitrogens is 2. The van der Waals surface area contributed by atoms with Gasteiger partial charge in [0, 0.05) is 31.0 Å². The maximum atomic E-state index is 14.1. The summed E-state index contributed by atoms with van der Waals surface area (Å²) in [4.78, 5) is 4.94. The molecule has 0 radical (unpaired) electrons. The van der Waals surface area contributed by atoms with E-state index in [0.29, 0.717) is 29.7 Å². The van der Waals surface area contributed by atoms with Gasteiger partial charge in [-0.05, 0) is 55.9 Å². The van der Waals surface area contributed by atoms with Crippen molar-refractivity contribution in [3.63, 3.8) is 0 Å². The van der Waals surface area contributed by atoms with Gasteiger partial charge in [0.1, 0.15) is 0 Å². The fourth-order valence-corrected chi connectivity index (χ4v) is 6.51. The minimum atomic E-state index is -3.52. The van der Waals surface area contributed by atoms with Crippen molar-refractivity contribution in [2.24, 2.45) is 5.92 Å². The van der Waals surface area contributed by atoms with Crippen molar-refractivity contribution in [1.82, 2.24) is 13.9 Å². The van der Waals surface area contributed by atoms with Crippen molar-refractivity contribution in [1.29, 1.82) is 0 Å². The Labute approximate surface area is 184 Å². The van der Waals surface area contributed by atoms with Gasteiger partial charge in [0.25, 0.3) is 0 Å². The summed E-state index contributed by atoms with van der Waals surface area (Å²) in [5.74, 6) is -0.868. The summed E-state index contributed by atoms with van der Waals surface area (Å²) >= 11 is 1.34. The van der Waals surface area contributed by atoms with E-state index in [1.54, 1.807) is 18.2 Å². The lowest BCUT2D eigenvalue weighted by atomic mass is 10.2. The molecule has 31 heavy (non-hydrogen) atoms. The minimum absolute atomic E-state index is 0.247. The molecule has 1 aliphatic carbocycles. The van der Waals surface area contributed by atoms with Crippen molar-refractivity contribution < 1.29 is 17.2 Å². The van der Waals surface area contributed by atoms with Crippen LogP contribution in [0.5, 0.6) is 0 Å². The third-order valence-corrected chi connectivity index (χ3v) is 8.83. The number of thioether (sulfide) groups is 1. The van der Waals surface area contributed by atoms with Crippen LogP contribution in [0.25, 0.3) is 11.0 Å². The molecule has 5 nitrogen and oxygen atoms in total. The summed E-state index contributed by atoms with van der Waals surface area (Å²) < 4.78 is 57.1. The molecule has 3 aromatic rings. The summed E-state index contributed by atoms with van der Waals surface area (Å²) in [6.45, 7) is 1.90. The second kappa shape index (κ2) is 8.18. The summed E-state index contributed by atoms with van der Waals surface area (Å²) in [5, 5.41) is 0.696. The Kier molecular flexibility index (Phi) is 5.52. The van der Waals surface area contributed by atoms with Crippen molar-refractivity contribution >= 4 is 32.8 Å².